The number of ketones is 1. The van der Waals surface area contributed by atoms with E-state index in [-0.39, 0.29) is 24.1 Å². The number of pyridine rings is 1. The summed E-state index contributed by atoms with van der Waals surface area (Å²) >= 11 is 5.86. The van der Waals surface area contributed by atoms with E-state index in [0.717, 1.165) is 24.0 Å². The number of hydrogen-bond donors (Lipinski definition) is 3. The van der Waals surface area contributed by atoms with E-state index in [1.54, 1.807) is 44.7 Å². The van der Waals surface area contributed by atoms with Crippen LogP contribution in [0.5, 0.6) is 11.5 Å². The summed E-state index contributed by atoms with van der Waals surface area (Å²) in [5.74, 6) is -1.55. The van der Waals surface area contributed by atoms with Crippen molar-refractivity contribution in [2.24, 2.45) is 16.6 Å². The fourth-order valence-electron chi connectivity index (χ4n) is 4.55. The zero-order chi connectivity index (χ0) is 32.0. The molecule has 1 fully saturated rings. The van der Waals surface area contributed by atoms with Gasteiger partial charge in [0.15, 0.2) is 23.2 Å². The molecule has 1 aliphatic carbocycles. The van der Waals surface area contributed by atoms with Crippen molar-refractivity contribution < 1.29 is 42.1 Å². The normalized spacial score (nSPS) is 14.6. The minimum Gasteiger partial charge on any atom is -0.493 e. The van der Waals surface area contributed by atoms with Gasteiger partial charge in [-0.05, 0) is 48.1 Å². The number of guanidine groups is 1. The molecule has 43 heavy (non-hydrogen) atoms. The van der Waals surface area contributed by atoms with Crippen LogP contribution in [0, 0.1) is 5.92 Å². The second-order valence-corrected chi connectivity index (χ2v) is 10.3. The molecule has 1 aliphatic rings. The molecule has 1 saturated carbocycles. The average molecular weight is 629 g/mol. The quantitative estimate of drug-likeness (QED) is 0.180. The van der Waals surface area contributed by atoms with E-state index < -0.39 is 18.2 Å². The molecule has 0 unspecified atom stereocenters. The number of carbonyl (C=O) groups excluding carboxylic acids is 2. The number of rotatable bonds is 11. The van der Waals surface area contributed by atoms with Gasteiger partial charge in [0.1, 0.15) is 11.2 Å². The van der Waals surface area contributed by atoms with Crippen LogP contribution in [-0.2, 0) is 27.2 Å². The number of aliphatic carboxylic acids is 1. The summed E-state index contributed by atoms with van der Waals surface area (Å²) in [5, 5.41) is 10.2. The maximum atomic E-state index is 13.2. The first-order chi connectivity index (χ1) is 20.3. The number of nitrogens with two attached hydrogens (primary N) is 1. The Morgan fingerprint density at radius 2 is 1.72 bits per heavy atom. The number of aryl methyl sites for hydroxylation is 1. The highest BCUT2D eigenvalue weighted by molar-refractivity contribution is 6.29. The lowest BCUT2D eigenvalue weighted by atomic mass is 9.83. The van der Waals surface area contributed by atoms with Crippen LogP contribution in [0.15, 0.2) is 41.5 Å². The van der Waals surface area contributed by atoms with E-state index in [4.69, 9.17) is 36.7 Å². The standard InChI is InChI=1S/C27H35ClN4O4.C2HF3O2/c1-35-23-12-9-20(15-24(23)36-2)16-26(34)32-27(29)31-21(14-18-6-4-3-5-7-18)22(33)11-8-19-10-13-25(28)30-17-19;3-2(4,5)1(6)7/h9-10,12-13,15,17-18,21H,3-8,11,14,16H2,1-2H3,(H3,29,31,32,34);(H,6,7)/t21-;/m1./s1. The summed E-state index contributed by atoms with van der Waals surface area (Å²) in [6, 6.07) is 8.26. The zero-order valence-electron chi connectivity index (χ0n) is 24.0. The highest BCUT2D eigenvalue weighted by Crippen LogP contribution is 2.29. The van der Waals surface area contributed by atoms with Crippen molar-refractivity contribution in [1.29, 1.82) is 0 Å². The van der Waals surface area contributed by atoms with Gasteiger partial charge >= 0.3 is 12.1 Å². The predicted molar refractivity (Wildman–Crippen MR) is 154 cm³/mol. The Hall–Kier alpha value is -3.87. The van der Waals surface area contributed by atoms with Crippen molar-refractivity contribution in [2.75, 3.05) is 14.2 Å². The van der Waals surface area contributed by atoms with Gasteiger partial charge in [0, 0.05) is 12.6 Å². The number of nitrogens with one attached hydrogen (secondary N) is 1. The number of hydrogen-bond acceptors (Lipinski definition) is 7. The van der Waals surface area contributed by atoms with Crippen LogP contribution >= 0.6 is 11.6 Å². The molecule has 0 aliphatic heterocycles. The van der Waals surface area contributed by atoms with Crippen molar-refractivity contribution in [2.45, 2.75) is 70.0 Å². The number of carboxylic acids is 1. The van der Waals surface area contributed by atoms with Gasteiger partial charge in [-0.2, -0.15) is 13.2 Å². The van der Waals surface area contributed by atoms with E-state index in [0.29, 0.717) is 41.8 Å². The van der Waals surface area contributed by atoms with Crippen LogP contribution in [-0.4, -0.2) is 60.1 Å². The predicted octanol–water partition coefficient (Wildman–Crippen LogP) is 4.90. The summed E-state index contributed by atoms with van der Waals surface area (Å²) in [6.45, 7) is 0. The van der Waals surface area contributed by atoms with E-state index in [1.165, 1.54) is 19.3 Å². The lowest BCUT2D eigenvalue weighted by Gasteiger charge is -2.24. The van der Waals surface area contributed by atoms with Crippen LogP contribution < -0.4 is 20.5 Å². The number of amides is 1. The Labute approximate surface area is 252 Å². The molecule has 236 valence electrons. The number of halogens is 4. The van der Waals surface area contributed by atoms with E-state index in [9.17, 15) is 22.8 Å². The molecule has 1 aromatic carbocycles. The van der Waals surface area contributed by atoms with Gasteiger partial charge < -0.3 is 20.3 Å². The summed E-state index contributed by atoms with van der Waals surface area (Å²) in [5.41, 5.74) is 7.77. The van der Waals surface area contributed by atoms with Crippen LogP contribution in [0.3, 0.4) is 0 Å². The van der Waals surface area contributed by atoms with Crippen LogP contribution in [0.1, 0.15) is 56.1 Å². The topological polar surface area (TPSA) is 153 Å². The molecular formula is C29H36ClF3N4O6. The van der Waals surface area contributed by atoms with Gasteiger partial charge in [0.25, 0.3) is 0 Å². The third kappa shape index (κ3) is 12.9. The van der Waals surface area contributed by atoms with Gasteiger partial charge in [-0.1, -0.05) is 55.8 Å². The van der Waals surface area contributed by atoms with Crippen molar-refractivity contribution in [3.63, 3.8) is 0 Å². The molecule has 2 aromatic rings. The Morgan fingerprint density at radius 1 is 1.09 bits per heavy atom. The van der Waals surface area contributed by atoms with E-state index in [1.807, 2.05) is 6.07 Å². The lowest BCUT2D eigenvalue weighted by molar-refractivity contribution is -0.192. The van der Waals surface area contributed by atoms with Crippen LogP contribution in [0.4, 0.5) is 13.2 Å². The first-order valence-electron chi connectivity index (χ1n) is 13.6. The Balaban J connectivity index is 0.000000821. The Kier molecular flexibility index (Phi) is 14.2. The minimum atomic E-state index is -5.08. The van der Waals surface area contributed by atoms with Gasteiger partial charge in [0.2, 0.25) is 5.91 Å². The molecule has 14 heteroatoms. The molecule has 1 heterocycles. The van der Waals surface area contributed by atoms with Gasteiger partial charge in [-0.15, -0.1) is 0 Å². The Morgan fingerprint density at radius 3 is 2.28 bits per heavy atom. The Bertz CT molecular complexity index is 1250. The molecule has 0 spiro atoms. The van der Waals surface area contributed by atoms with E-state index >= 15 is 0 Å². The van der Waals surface area contributed by atoms with Crippen molar-refractivity contribution in [3.05, 3.63) is 52.8 Å². The first kappa shape index (κ1) is 35.3. The summed E-state index contributed by atoms with van der Waals surface area (Å²) < 4.78 is 42.3. The van der Waals surface area contributed by atoms with Crippen molar-refractivity contribution in [1.82, 2.24) is 10.3 Å². The van der Waals surface area contributed by atoms with Crippen molar-refractivity contribution >= 4 is 35.2 Å². The molecule has 1 amide bonds. The SMILES string of the molecule is COc1ccc(CC(=O)NC(N)=N[C@H](CC2CCCCC2)C(=O)CCc2ccc(Cl)nc2)cc1OC.O=C(O)C(F)(F)F. The van der Waals surface area contributed by atoms with Crippen LogP contribution in [0.25, 0.3) is 0 Å². The van der Waals surface area contributed by atoms with Gasteiger partial charge in [0.05, 0.1) is 20.6 Å². The first-order valence-corrected chi connectivity index (χ1v) is 14.0. The molecule has 0 saturated heterocycles. The second-order valence-electron chi connectivity index (χ2n) is 9.94. The average Bonchev–Trinajstić information content (AvgIpc) is 2.96. The number of carbonyl (C=O) groups is 3. The second kappa shape index (κ2) is 17.3. The molecule has 1 atom stereocenters. The smallest absolute Gasteiger partial charge is 0.490 e. The fraction of sp³-hybridized carbons (Fsp3) is 0.483. The molecule has 3 rings (SSSR count). The third-order valence-corrected chi connectivity index (χ3v) is 6.94. The van der Waals surface area contributed by atoms with E-state index in [2.05, 4.69) is 15.3 Å². The van der Waals surface area contributed by atoms with Gasteiger partial charge in [-0.3, -0.25) is 14.9 Å². The number of Topliss-reactive ketones (excluding diaryl/α,β-unsaturated/α-hetero) is 1. The fourth-order valence-corrected chi connectivity index (χ4v) is 4.66. The number of benzene rings is 1. The van der Waals surface area contributed by atoms with Crippen LogP contribution in [0.2, 0.25) is 5.15 Å². The summed E-state index contributed by atoms with van der Waals surface area (Å²) in [6.07, 6.45) is 3.94. The van der Waals surface area contributed by atoms with Crippen molar-refractivity contribution in [3.8, 4) is 11.5 Å². The molecule has 4 N–H and O–H groups in total. The number of aliphatic imine (C=N–C) groups is 1. The molecule has 0 radical (unpaired) electrons. The third-order valence-electron chi connectivity index (χ3n) is 6.72. The number of alkyl halides is 3. The number of methoxy groups -OCH3 is 2. The number of carboxylic acid groups (broad SMARTS) is 1. The number of aromatic nitrogens is 1. The van der Waals surface area contributed by atoms with Gasteiger partial charge in [-0.25, -0.2) is 14.8 Å². The maximum Gasteiger partial charge on any atom is 0.490 e. The monoisotopic (exact) mass is 628 g/mol. The number of ether oxygens (including phenoxy) is 2. The molecule has 0 bridgehead atoms. The highest BCUT2D eigenvalue weighted by atomic mass is 35.5. The lowest BCUT2D eigenvalue weighted by Crippen LogP contribution is -2.40. The summed E-state index contributed by atoms with van der Waals surface area (Å²) in [7, 11) is 3.10. The minimum absolute atomic E-state index is 0.00705. The summed E-state index contributed by atoms with van der Waals surface area (Å²) in [4.78, 5) is 43.2. The maximum absolute atomic E-state index is 13.2. The largest absolute Gasteiger partial charge is 0.493 e. The number of nitrogens with zero attached hydrogens (tertiary/aromatic N) is 2. The molecule has 10 nitrogen and oxygen atoms in total. The highest BCUT2D eigenvalue weighted by Gasteiger charge is 2.38. The zero-order valence-corrected chi connectivity index (χ0v) is 24.7. The molecule has 1 aromatic heterocycles. The molecular weight excluding hydrogens is 593 g/mol.